The zero-order chi connectivity index (χ0) is 24.7. The number of ether oxygens (including phenoxy) is 2. The molecule has 4 nitrogen and oxygen atoms in total. The van der Waals surface area contributed by atoms with Gasteiger partial charge in [0, 0.05) is 16.2 Å². The van der Waals surface area contributed by atoms with E-state index in [9.17, 15) is 18.4 Å². The fraction of sp³-hybridized carbons (Fsp3) is 0.259. The number of thioether (sulfide) groups is 1. The van der Waals surface area contributed by atoms with Gasteiger partial charge in [-0.1, -0.05) is 24.3 Å². The molecular formula is C27H26F2O4S. The molecule has 1 aliphatic rings. The van der Waals surface area contributed by atoms with Crippen LogP contribution in [-0.2, 0) is 21.4 Å². The van der Waals surface area contributed by atoms with E-state index in [-0.39, 0.29) is 29.8 Å². The number of rotatable bonds is 5. The number of ketones is 1. The van der Waals surface area contributed by atoms with Crippen LogP contribution in [0.15, 0.2) is 71.6 Å². The Labute approximate surface area is 202 Å². The van der Waals surface area contributed by atoms with Crippen LogP contribution >= 0.6 is 11.8 Å². The molecule has 1 heterocycles. The summed E-state index contributed by atoms with van der Waals surface area (Å²) in [6.07, 6.45) is 0.131. The Kier molecular flexibility index (Phi) is 8.45. The largest absolute Gasteiger partial charge is 0.497 e. The second-order valence-electron chi connectivity index (χ2n) is 7.93. The van der Waals surface area contributed by atoms with Gasteiger partial charge in [-0.3, -0.25) is 9.59 Å². The highest BCUT2D eigenvalue weighted by atomic mass is 32.2. The molecule has 0 radical (unpaired) electrons. The van der Waals surface area contributed by atoms with E-state index in [2.05, 4.69) is 0 Å². The third kappa shape index (κ3) is 6.03. The third-order valence-electron chi connectivity index (χ3n) is 5.46. The summed E-state index contributed by atoms with van der Waals surface area (Å²) < 4.78 is 36.0. The van der Waals surface area contributed by atoms with Crippen molar-refractivity contribution in [3.8, 4) is 5.75 Å². The molecule has 0 spiro atoms. The predicted molar refractivity (Wildman–Crippen MR) is 129 cm³/mol. The van der Waals surface area contributed by atoms with Gasteiger partial charge < -0.3 is 9.47 Å². The molecule has 1 unspecified atom stereocenters. The van der Waals surface area contributed by atoms with Crippen LogP contribution in [-0.4, -0.2) is 31.2 Å². The van der Waals surface area contributed by atoms with E-state index in [1.54, 1.807) is 56.1 Å². The number of halogens is 2. The Balaban J connectivity index is 0.000000215. The van der Waals surface area contributed by atoms with Crippen LogP contribution in [0.25, 0.3) is 0 Å². The van der Waals surface area contributed by atoms with Crippen molar-refractivity contribution in [2.45, 2.75) is 30.6 Å². The highest BCUT2D eigenvalue weighted by Crippen LogP contribution is 2.43. The van der Waals surface area contributed by atoms with Gasteiger partial charge in [0.05, 0.1) is 25.6 Å². The molecule has 4 rings (SSSR count). The monoisotopic (exact) mass is 484 g/mol. The summed E-state index contributed by atoms with van der Waals surface area (Å²) in [7, 11) is 1.61. The molecule has 0 saturated carbocycles. The van der Waals surface area contributed by atoms with Crippen molar-refractivity contribution in [1.29, 1.82) is 0 Å². The Hall–Kier alpha value is -3.19. The zero-order valence-corrected chi connectivity index (χ0v) is 20.1. The van der Waals surface area contributed by atoms with Crippen LogP contribution < -0.4 is 4.74 Å². The number of Topliss-reactive ketones (excluding diaryl/α,β-unsaturated/α-hetero) is 1. The minimum absolute atomic E-state index is 0.0319. The van der Waals surface area contributed by atoms with E-state index in [0.717, 1.165) is 16.2 Å². The molecule has 3 aromatic carbocycles. The van der Waals surface area contributed by atoms with Gasteiger partial charge in [0.1, 0.15) is 17.4 Å². The Morgan fingerprint density at radius 2 is 1.74 bits per heavy atom. The average molecular weight is 485 g/mol. The van der Waals surface area contributed by atoms with Crippen LogP contribution in [0.4, 0.5) is 8.78 Å². The quantitative estimate of drug-likeness (QED) is 0.415. The predicted octanol–water partition coefficient (Wildman–Crippen LogP) is 6.01. The molecule has 0 amide bonds. The van der Waals surface area contributed by atoms with Gasteiger partial charge in [0.25, 0.3) is 0 Å². The summed E-state index contributed by atoms with van der Waals surface area (Å²) in [6, 6.07) is 17.7. The first kappa shape index (κ1) is 25.4. The number of hydrogen-bond donors (Lipinski definition) is 0. The SMILES string of the molecule is CCOC(=O)Cc1cccc(F)c1.COc1ccc2c(c1)SCC(C)(c1cccc(F)c1)C2=O. The van der Waals surface area contributed by atoms with Gasteiger partial charge in [0.15, 0.2) is 5.78 Å². The van der Waals surface area contributed by atoms with Crippen molar-refractivity contribution in [3.05, 3.63) is 95.1 Å². The van der Waals surface area contributed by atoms with Crippen LogP contribution in [0.2, 0.25) is 0 Å². The summed E-state index contributed by atoms with van der Waals surface area (Å²) >= 11 is 1.61. The molecule has 0 fully saturated rings. The van der Waals surface area contributed by atoms with Crippen molar-refractivity contribution in [2.75, 3.05) is 19.5 Å². The van der Waals surface area contributed by atoms with Gasteiger partial charge in [-0.15, -0.1) is 11.8 Å². The number of carbonyl (C=O) groups excluding carboxylic acids is 2. The Morgan fingerprint density at radius 3 is 2.38 bits per heavy atom. The molecule has 7 heteroatoms. The number of fused-ring (bicyclic) bond motifs is 1. The van der Waals surface area contributed by atoms with E-state index < -0.39 is 5.41 Å². The second kappa shape index (κ2) is 11.3. The van der Waals surface area contributed by atoms with Crippen molar-refractivity contribution in [2.24, 2.45) is 0 Å². The number of benzene rings is 3. The zero-order valence-electron chi connectivity index (χ0n) is 19.3. The van der Waals surface area contributed by atoms with Crippen molar-refractivity contribution >= 4 is 23.5 Å². The van der Waals surface area contributed by atoms with Crippen LogP contribution in [0.5, 0.6) is 5.75 Å². The van der Waals surface area contributed by atoms with Crippen molar-refractivity contribution < 1.29 is 27.8 Å². The van der Waals surface area contributed by atoms with Crippen molar-refractivity contribution in [1.82, 2.24) is 0 Å². The van der Waals surface area contributed by atoms with Gasteiger partial charge in [-0.25, -0.2) is 8.78 Å². The normalized spacial score (nSPS) is 16.7. The molecule has 3 aromatic rings. The maximum Gasteiger partial charge on any atom is 0.310 e. The fourth-order valence-electron chi connectivity index (χ4n) is 3.59. The molecule has 0 aliphatic carbocycles. The van der Waals surface area contributed by atoms with E-state index in [1.807, 2.05) is 19.1 Å². The molecule has 0 bridgehead atoms. The molecule has 34 heavy (non-hydrogen) atoms. The first-order valence-corrected chi connectivity index (χ1v) is 11.8. The molecule has 0 saturated heterocycles. The lowest BCUT2D eigenvalue weighted by Gasteiger charge is -2.33. The van der Waals surface area contributed by atoms with Crippen LogP contribution in [0, 0.1) is 11.6 Å². The summed E-state index contributed by atoms with van der Waals surface area (Å²) in [6.45, 7) is 3.97. The molecule has 178 valence electrons. The minimum Gasteiger partial charge on any atom is -0.497 e. The highest BCUT2D eigenvalue weighted by molar-refractivity contribution is 7.99. The van der Waals surface area contributed by atoms with E-state index in [1.165, 1.54) is 24.3 Å². The first-order valence-electron chi connectivity index (χ1n) is 10.8. The maximum absolute atomic E-state index is 13.5. The Bertz CT molecular complexity index is 1180. The third-order valence-corrected chi connectivity index (χ3v) is 6.83. The maximum atomic E-state index is 13.5. The molecule has 0 N–H and O–H groups in total. The van der Waals surface area contributed by atoms with Gasteiger partial charge >= 0.3 is 5.97 Å². The topological polar surface area (TPSA) is 52.6 Å². The van der Waals surface area contributed by atoms with E-state index in [4.69, 9.17) is 9.47 Å². The number of esters is 1. The van der Waals surface area contributed by atoms with Gasteiger partial charge in [-0.05, 0) is 67.4 Å². The first-order chi connectivity index (χ1) is 16.3. The Morgan fingerprint density at radius 1 is 1.03 bits per heavy atom. The highest BCUT2D eigenvalue weighted by Gasteiger charge is 2.40. The molecule has 0 aromatic heterocycles. The summed E-state index contributed by atoms with van der Waals surface area (Å²) in [4.78, 5) is 24.8. The van der Waals surface area contributed by atoms with E-state index >= 15 is 0 Å². The van der Waals surface area contributed by atoms with Crippen LogP contribution in [0.3, 0.4) is 0 Å². The summed E-state index contributed by atoms with van der Waals surface area (Å²) in [5.41, 5.74) is 1.34. The van der Waals surface area contributed by atoms with Gasteiger partial charge in [0.2, 0.25) is 0 Å². The smallest absolute Gasteiger partial charge is 0.310 e. The lowest BCUT2D eigenvalue weighted by molar-refractivity contribution is -0.142. The standard InChI is InChI=1S/C17H15FO2S.C10H11FO2/c1-17(11-4-3-5-12(18)8-11)10-21-15-9-13(20-2)6-7-14(15)16(17)19;1-2-13-10(12)7-8-4-3-5-9(11)6-8/h3-9H,10H2,1-2H3;3-6H,2,7H2,1H3. The molecule has 1 aliphatic heterocycles. The van der Waals surface area contributed by atoms with Crippen LogP contribution in [0.1, 0.15) is 35.3 Å². The fourth-order valence-corrected chi connectivity index (χ4v) is 4.85. The lowest BCUT2D eigenvalue weighted by atomic mass is 9.77. The molecule has 1 atom stereocenters. The summed E-state index contributed by atoms with van der Waals surface area (Å²) in [5.74, 6) is 0.394. The van der Waals surface area contributed by atoms with Gasteiger partial charge in [-0.2, -0.15) is 0 Å². The number of hydrogen-bond acceptors (Lipinski definition) is 5. The lowest BCUT2D eigenvalue weighted by Crippen LogP contribution is -2.38. The number of carbonyl (C=O) groups is 2. The average Bonchev–Trinajstić information content (AvgIpc) is 2.82. The van der Waals surface area contributed by atoms with E-state index in [0.29, 0.717) is 23.5 Å². The summed E-state index contributed by atoms with van der Waals surface area (Å²) in [5, 5.41) is 0. The molecular weight excluding hydrogens is 458 g/mol. The number of methoxy groups -OCH3 is 1. The minimum atomic E-state index is -0.700. The second-order valence-corrected chi connectivity index (χ2v) is 8.95. The van der Waals surface area contributed by atoms with Crippen molar-refractivity contribution in [3.63, 3.8) is 0 Å².